The van der Waals surface area contributed by atoms with E-state index < -0.39 is 18.8 Å². The summed E-state index contributed by atoms with van der Waals surface area (Å²) in [6, 6.07) is 0.104. The molecule has 218 valence electrons. The van der Waals surface area contributed by atoms with Crippen LogP contribution in [0.15, 0.2) is 5.16 Å². The fourth-order valence-corrected chi connectivity index (χ4v) is 9.09. The Hall–Kier alpha value is -1.35. The van der Waals surface area contributed by atoms with Gasteiger partial charge in [-0.1, -0.05) is 32.9 Å². The molecule has 2 N–H and O–H groups in total. The van der Waals surface area contributed by atoms with Gasteiger partial charge in [0.25, 0.3) is 0 Å². The van der Waals surface area contributed by atoms with Gasteiger partial charge in [0.05, 0.1) is 11.8 Å². The van der Waals surface area contributed by atoms with Crippen LogP contribution in [0.1, 0.15) is 92.4 Å². The number of amides is 1. The van der Waals surface area contributed by atoms with Crippen molar-refractivity contribution in [3.8, 4) is 0 Å². The molecule has 6 nitrogen and oxygen atoms in total. The zero-order valence-corrected chi connectivity index (χ0v) is 23.8. The normalized spacial score (nSPS) is 39.4. The summed E-state index contributed by atoms with van der Waals surface area (Å²) in [7, 11) is 0. The Morgan fingerprint density at radius 3 is 2.45 bits per heavy atom. The maximum Gasteiger partial charge on any atom is 0.436 e. The van der Waals surface area contributed by atoms with E-state index in [4.69, 9.17) is 4.84 Å². The van der Waals surface area contributed by atoms with E-state index in [1.807, 2.05) is 20.8 Å². The summed E-state index contributed by atoms with van der Waals surface area (Å²) >= 11 is 0. The van der Waals surface area contributed by atoms with Crippen molar-refractivity contribution in [1.82, 2.24) is 10.2 Å². The third-order valence-electron chi connectivity index (χ3n) is 11.0. The number of rotatable bonds is 7. The van der Waals surface area contributed by atoms with Crippen molar-refractivity contribution in [2.45, 2.75) is 111 Å². The van der Waals surface area contributed by atoms with E-state index in [9.17, 15) is 23.1 Å². The number of nitrogens with zero attached hydrogens (tertiary/aromatic N) is 2. The molecule has 0 aromatic carbocycles. The lowest BCUT2D eigenvalue weighted by atomic mass is 9.44. The van der Waals surface area contributed by atoms with Crippen LogP contribution in [0.4, 0.5) is 18.0 Å². The second-order valence-corrected chi connectivity index (χ2v) is 13.5. The maximum absolute atomic E-state index is 13.1. The number of halogens is 3. The number of nitrogens with one attached hydrogen (secondary N) is 1. The van der Waals surface area contributed by atoms with Crippen LogP contribution in [0.25, 0.3) is 0 Å². The zero-order chi connectivity index (χ0) is 27.9. The first-order valence-electron chi connectivity index (χ1n) is 14.7. The molecule has 0 radical (unpaired) electrons. The first-order chi connectivity index (χ1) is 17.7. The standard InChI is InChI=1S/C29H48F3N3O3/c1-18(2)33-14-15-35(17-29(30,31)32)26(37)38-34-19(3)23-8-9-24-22-7-6-20-16-21(36)10-12-27(20,4)25(22)11-13-28(23,24)5/h18,20-25,33,36H,6-17H2,1-5H3/b34-19+/t20-,21-,22-,23+,24-,25-,27-,28+/m0/s1. The molecule has 0 unspecified atom stereocenters. The highest BCUT2D eigenvalue weighted by molar-refractivity contribution is 5.85. The van der Waals surface area contributed by atoms with Crippen molar-refractivity contribution >= 4 is 11.8 Å². The van der Waals surface area contributed by atoms with Crippen molar-refractivity contribution in [3.05, 3.63) is 0 Å². The Balaban J connectivity index is 1.42. The predicted octanol–water partition coefficient (Wildman–Crippen LogP) is 6.38. The van der Waals surface area contributed by atoms with Crippen molar-refractivity contribution in [2.24, 2.45) is 45.6 Å². The minimum Gasteiger partial charge on any atom is -0.393 e. The van der Waals surface area contributed by atoms with Gasteiger partial charge in [-0.25, -0.2) is 4.79 Å². The molecule has 0 saturated heterocycles. The van der Waals surface area contributed by atoms with Gasteiger partial charge in [-0.15, -0.1) is 0 Å². The van der Waals surface area contributed by atoms with Gasteiger partial charge >= 0.3 is 12.3 Å². The summed E-state index contributed by atoms with van der Waals surface area (Å²) in [5.41, 5.74) is 1.09. The number of hydrogen-bond acceptors (Lipinski definition) is 5. The third kappa shape index (κ3) is 6.03. The van der Waals surface area contributed by atoms with Crippen LogP contribution in [0.5, 0.6) is 0 Å². The van der Waals surface area contributed by atoms with Gasteiger partial charge in [-0.2, -0.15) is 13.2 Å². The highest BCUT2D eigenvalue weighted by atomic mass is 19.4. The topological polar surface area (TPSA) is 74.2 Å². The highest BCUT2D eigenvalue weighted by Gasteiger charge is 2.60. The largest absolute Gasteiger partial charge is 0.436 e. The highest BCUT2D eigenvalue weighted by Crippen LogP contribution is 2.67. The molecule has 0 aromatic heterocycles. The van der Waals surface area contributed by atoms with Crippen LogP contribution in [0.3, 0.4) is 0 Å². The van der Waals surface area contributed by atoms with Gasteiger partial charge in [0, 0.05) is 25.0 Å². The van der Waals surface area contributed by atoms with E-state index in [2.05, 4.69) is 24.3 Å². The summed E-state index contributed by atoms with van der Waals surface area (Å²) < 4.78 is 39.3. The van der Waals surface area contributed by atoms with Crippen LogP contribution in [0.2, 0.25) is 0 Å². The summed E-state index contributed by atoms with van der Waals surface area (Å²) in [6.45, 7) is 9.28. The average Bonchev–Trinajstić information content (AvgIpc) is 3.18. The van der Waals surface area contributed by atoms with Crippen LogP contribution >= 0.6 is 0 Å². The molecule has 4 aliphatic rings. The molecule has 0 spiro atoms. The number of aliphatic hydroxyl groups is 1. The second kappa shape index (κ2) is 11.3. The quantitative estimate of drug-likeness (QED) is 0.222. The number of hydrogen-bond donors (Lipinski definition) is 2. The molecule has 1 amide bonds. The molecule has 4 aliphatic carbocycles. The van der Waals surface area contributed by atoms with E-state index in [-0.39, 0.29) is 36.6 Å². The summed E-state index contributed by atoms with van der Waals surface area (Å²) in [6.07, 6.45) is 4.03. The molecule has 9 heteroatoms. The van der Waals surface area contributed by atoms with Gasteiger partial charge in [0.1, 0.15) is 6.54 Å². The van der Waals surface area contributed by atoms with Gasteiger partial charge in [-0.05, 0) is 99.2 Å². The van der Waals surface area contributed by atoms with E-state index in [0.717, 1.165) is 44.2 Å². The van der Waals surface area contributed by atoms with Crippen LogP contribution in [-0.2, 0) is 4.84 Å². The number of carbonyl (C=O) groups is 1. The van der Waals surface area contributed by atoms with Crippen LogP contribution in [-0.4, -0.2) is 59.8 Å². The molecule has 8 atom stereocenters. The van der Waals surface area contributed by atoms with E-state index >= 15 is 0 Å². The van der Waals surface area contributed by atoms with E-state index in [0.29, 0.717) is 34.0 Å². The molecule has 4 saturated carbocycles. The van der Waals surface area contributed by atoms with Gasteiger partial charge in [-0.3, -0.25) is 9.74 Å². The minimum absolute atomic E-state index is 0.0609. The van der Waals surface area contributed by atoms with Crippen molar-refractivity contribution in [2.75, 3.05) is 19.6 Å². The molecular weight excluding hydrogens is 495 g/mol. The lowest BCUT2D eigenvalue weighted by molar-refractivity contribution is -0.142. The third-order valence-corrected chi connectivity index (χ3v) is 11.0. The SMILES string of the molecule is C/C(=N\OC(=O)N(CCNC(C)C)CC(F)(F)F)[C@H]1CC[C@H]2[C@@H]3CC[C@H]4C[C@@H](O)CC[C@]4(C)[C@H]3CC[C@]12C. The molecule has 4 rings (SSSR count). The molecule has 38 heavy (non-hydrogen) atoms. The molecular formula is C29H48F3N3O3. The summed E-state index contributed by atoms with van der Waals surface area (Å²) in [5, 5.41) is 17.5. The maximum atomic E-state index is 13.1. The van der Waals surface area contributed by atoms with E-state index in [1.54, 1.807) is 0 Å². The lowest BCUT2D eigenvalue weighted by Crippen LogP contribution is -2.54. The Morgan fingerprint density at radius 1 is 1.08 bits per heavy atom. The van der Waals surface area contributed by atoms with Crippen molar-refractivity contribution in [1.29, 1.82) is 0 Å². The Bertz CT molecular complexity index is 881. The minimum atomic E-state index is -4.51. The number of oxime groups is 1. The zero-order valence-electron chi connectivity index (χ0n) is 23.8. The van der Waals surface area contributed by atoms with Crippen molar-refractivity contribution < 1.29 is 27.9 Å². The smallest absolute Gasteiger partial charge is 0.393 e. The molecule has 0 aromatic rings. The fourth-order valence-electron chi connectivity index (χ4n) is 9.09. The monoisotopic (exact) mass is 543 g/mol. The molecule has 0 aliphatic heterocycles. The lowest BCUT2D eigenvalue weighted by Gasteiger charge is -2.61. The summed E-state index contributed by atoms with van der Waals surface area (Å²) in [5.74, 6) is 2.73. The second-order valence-electron chi connectivity index (χ2n) is 13.5. The van der Waals surface area contributed by atoms with Crippen LogP contribution in [0, 0.1) is 40.4 Å². The first kappa shape index (κ1) is 29.6. The summed E-state index contributed by atoms with van der Waals surface area (Å²) in [4.78, 5) is 18.4. The Kier molecular flexibility index (Phi) is 8.78. The number of alkyl halides is 3. The number of fused-ring (bicyclic) bond motifs is 5. The first-order valence-corrected chi connectivity index (χ1v) is 14.7. The Morgan fingerprint density at radius 2 is 1.76 bits per heavy atom. The Labute approximate surface area is 226 Å². The molecule has 0 bridgehead atoms. The van der Waals surface area contributed by atoms with Gasteiger partial charge in [0.2, 0.25) is 0 Å². The molecule has 4 fully saturated rings. The van der Waals surface area contributed by atoms with Gasteiger partial charge < -0.3 is 10.4 Å². The van der Waals surface area contributed by atoms with Gasteiger partial charge in [0.15, 0.2) is 0 Å². The predicted molar refractivity (Wildman–Crippen MR) is 142 cm³/mol. The van der Waals surface area contributed by atoms with Crippen molar-refractivity contribution in [3.63, 3.8) is 0 Å². The van der Waals surface area contributed by atoms with Crippen LogP contribution < -0.4 is 5.32 Å². The average molecular weight is 544 g/mol. The number of aliphatic hydroxyl groups excluding tert-OH is 1. The number of carbonyl (C=O) groups excluding carboxylic acids is 1. The van der Waals surface area contributed by atoms with E-state index in [1.165, 1.54) is 19.3 Å². The fraction of sp³-hybridized carbons (Fsp3) is 0.931. The molecule has 0 heterocycles.